The van der Waals surface area contributed by atoms with E-state index < -0.39 is 5.97 Å². The minimum absolute atomic E-state index is 0.206. The van der Waals surface area contributed by atoms with Crippen LogP contribution in [0.25, 0.3) is 0 Å². The first-order valence-electron chi connectivity index (χ1n) is 6.03. The van der Waals surface area contributed by atoms with Crippen LogP contribution in [0.15, 0.2) is 18.2 Å². The van der Waals surface area contributed by atoms with Gasteiger partial charge in [-0.05, 0) is 24.7 Å². The predicted octanol–water partition coefficient (Wildman–Crippen LogP) is 1.27. The average Bonchev–Trinajstić information content (AvgIpc) is 2.37. The minimum Gasteiger partial charge on any atom is -0.507 e. The molecule has 1 unspecified atom stereocenters. The molecule has 0 bridgehead atoms. The predicted molar refractivity (Wildman–Crippen MR) is 71.4 cm³/mol. The van der Waals surface area contributed by atoms with Crippen LogP contribution in [0.5, 0.6) is 5.75 Å². The number of nitrogens with one attached hydrogen (secondary N) is 2. The van der Waals surface area contributed by atoms with Gasteiger partial charge in [-0.25, -0.2) is 4.79 Å². The summed E-state index contributed by atoms with van der Waals surface area (Å²) in [6.07, 6.45) is 0. The fourth-order valence-electron chi connectivity index (χ4n) is 1.50. The van der Waals surface area contributed by atoms with Crippen LogP contribution < -0.4 is 10.6 Å². The third-order valence-corrected chi connectivity index (χ3v) is 2.64. The van der Waals surface area contributed by atoms with Crippen LogP contribution in [0.3, 0.4) is 0 Å². The van der Waals surface area contributed by atoms with E-state index in [0.717, 1.165) is 6.54 Å². The second-order valence-corrected chi connectivity index (χ2v) is 4.24. The molecular weight excluding hydrogens is 248 g/mol. The van der Waals surface area contributed by atoms with Crippen LogP contribution in [0.4, 0.5) is 5.69 Å². The van der Waals surface area contributed by atoms with Crippen molar-refractivity contribution in [1.29, 1.82) is 0 Å². The first kappa shape index (κ1) is 15.0. The molecule has 4 N–H and O–H groups in total. The van der Waals surface area contributed by atoms with Gasteiger partial charge in [0.1, 0.15) is 11.3 Å². The molecule has 1 aromatic rings. The zero-order valence-corrected chi connectivity index (χ0v) is 10.9. The second-order valence-electron chi connectivity index (χ2n) is 4.24. The van der Waals surface area contributed by atoms with E-state index in [4.69, 9.17) is 5.11 Å². The highest BCUT2D eigenvalue weighted by molar-refractivity contribution is 5.96. The number of amides is 1. The number of hydrogen-bond donors (Lipinski definition) is 4. The number of carboxylic acid groups (broad SMARTS) is 1. The van der Waals surface area contributed by atoms with E-state index in [2.05, 4.69) is 10.6 Å². The van der Waals surface area contributed by atoms with E-state index >= 15 is 0 Å². The molecule has 1 amide bonds. The van der Waals surface area contributed by atoms with Crippen molar-refractivity contribution in [2.45, 2.75) is 13.8 Å². The van der Waals surface area contributed by atoms with Gasteiger partial charge >= 0.3 is 5.97 Å². The summed E-state index contributed by atoms with van der Waals surface area (Å²) in [4.78, 5) is 22.7. The summed E-state index contributed by atoms with van der Waals surface area (Å²) in [6, 6.07) is 3.93. The smallest absolute Gasteiger partial charge is 0.339 e. The summed E-state index contributed by atoms with van der Waals surface area (Å²) in [6.45, 7) is 5.05. The van der Waals surface area contributed by atoms with Gasteiger partial charge in [-0.3, -0.25) is 4.79 Å². The lowest BCUT2D eigenvalue weighted by atomic mass is 10.1. The number of carboxylic acids is 1. The zero-order valence-electron chi connectivity index (χ0n) is 10.9. The number of phenols is 1. The number of aromatic hydroxyl groups is 1. The van der Waals surface area contributed by atoms with E-state index in [1.807, 2.05) is 6.92 Å². The Morgan fingerprint density at radius 3 is 2.63 bits per heavy atom. The van der Waals surface area contributed by atoms with Gasteiger partial charge in [0, 0.05) is 18.2 Å². The van der Waals surface area contributed by atoms with Crippen LogP contribution in [-0.2, 0) is 4.79 Å². The molecule has 0 radical (unpaired) electrons. The summed E-state index contributed by atoms with van der Waals surface area (Å²) >= 11 is 0. The van der Waals surface area contributed by atoms with Crippen molar-refractivity contribution in [1.82, 2.24) is 5.32 Å². The van der Waals surface area contributed by atoms with Crippen molar-refractivity contribution in [3.63, 3.8) is 0 Å². The molecule has 0 heterocycles. The molecule has 0 aliphatic heterocycles. The Kier molecular flexibility index (Phi) is 5.32. The summed E-state index contributed by atoms with van der Waals surface area (Å²) in [7, 11) is 0. The molecule has 0 aliphatic carbocycles. The first-order valence-corrected chi connectivity index (χ1v) is 6.03. The molecule has 6 heteroatoms. The van der Waals surface area contributed by atoms with Gasteiger partial charge in [-0.1, -0.05) is 13.8 Å². The van der Waals surface area contributed by atoms with Crippen molar-refractivity contribution in [3.05, 3.63) is 23.8 Å². The molecule has 1 atom stereocenters. The molecule has 104 valence electrons. The lowest BCUT2D eigenvalue weighted by Crippen LogP contribution is -2.30. The van der Waals surface area contributed by atoms with Crippen molar-refractivity contribution in [2.75, 3.05) is 18.4 Å². The van der Waals surface area contributed by atoms with Gasteiger partial charge in [0.05, 0.1) is 0 Å². The van der Waals surface area contributed by atoms with Crippen LogP contribution in [-0.4, -0.2) is 35.2 Å². The Morgan fingerprint density at radius 2 is 2.05 bits per heavy atom. The van der Waals surface area contributed by atoms with Gasteiger partial charge in [-0.2, -0.15) is 0 Å². The maximum absolute atomic E-state index is 11.8. The third-order valence-electron chi connectivity index (χ3n) is 2.64. The average molecular weight is 266 g/mol. The highest BCUT2D eigenvalue weighted by Gasteiger charge is 2.15. The number of carbonyl (C=O) groups is 2. The molecule has 1 rings (SSSR count). The summed E-state index contributed by atoms with van der Waals surface area (Å²) < 4.78 is 0. The van der Waals surface area contributed by atoms with Crippen LogP contribution in [0.1, 0.15) is 24.2 Å². The second kappa shape index (κ2) is 6.75. The Labute approximate surface area is 111 Å². The highest BCUT2D eigenvalue weighted by Crippen LogP contribution is 2.21. The number of benzene rings is 1. The minimum atomic E-state index is -1.24. The number of anilines is 1. The van der Waals surface area contributed by atoms with Gasteiger partial charge in [0.25, 0.3) is 0 Å². The quantitative estimate of drug-likeness (QED) is 0.581. The lowest BCUT2D eigenvalue weighted by Gasteiger charge is -2.13. The molecule has 0 aliphatic rings. The lowest BCUT2D eigenvalue weighted by molar-refractivity contribution is -0.119. The first-order chi connectivity index (χ1) is 8.95. The SMILES string of the molecule is CCNCC(C)C(=O)Nc1ccc(O)c(C(=O)O)c1. The van der Waals surface area contributed by atoms with E-state index in [0.29, 0.717) is 12.2 Å². The van der Waals surface area contributed by atoms with Gasteiger partial charge < -0.3 is 20.8 Å². The van der Waals surface area contributed by atoms with Crippen molar-refractivity contribution < 1.29 is 19.8 Å². The van der Waals surface area contributed by atoms with Gasteiger partial charge in [0.15, 0.2) is 0 Å². The molecule has 0 aromatic heterocycles. The van der Waals surface area contributed by atoms with Crippen LogP contribution in [0.2, 0.25) is 0 Å². The van der Waals surface area contributed by atoms with E-state index in [9.17, 15) is 14.7 Å². The van der Waals surface area contributed by atoms with E-state index in [1.165, 1.54) is 18.2 Å². The topological polar surface area (TPSA) is 98.7 Å². The molecule has 0 spiro atoms. The third kappa shape index (κ3) is 4.26. The highest BCUT2D eigenvalue weighted by atomic mass is 16.4. The molecule has 0 saturated carbocycles. The number of aromatic carboxylic acids is 1. The molecule has 1 aromatic carbocycles. The Morgan fingerprint density at radius 1 is 1.37 bits per heavy atom. The summed E-state index contributed by atoms with van der Waals surface area (Å²) in [5.41, 5.74) is 0.112. The molecule has 0 fully saturated rings. The number of carbonyl (C=O) groups excluding carboxylic acids is 1. The molecule has 0 saturated heterocycles. The van der Waals surface area contributed by atoms with Crippen molar-refractivity contribution in [2.24, 2.45) is 5.92 Å². The largest absolute Gasteiger partial charge is 0.507 e. The van der Waals surface area contributed by atoms with Crippen molar-refractivity contribution >= 4 is 17.6 Å². The molecule has 6 nitrogen and oxygen atoms in total. The fourth-order valence-corrected chi connectivity index (χ4v) is 1.50. The zero-order chi connectivity index (χ0) is 14.4. The molecular formula is C13H18N2O4. The number of hydrogen-bond acceptors (Lipinski definition) is 4. The van der Waals surface area contributed by atoms with Gasteiger partial charge in [-0.15, -0.1) is 0 Å². The molecule has 19 heavy (non-hydrogen) atoms. The Hall–Kier alpha value is -2.08. The normalized spacial score (nSPS) is 11.9. The van der Waals surface area contributed by atoms with E-state index in [-0.39, 0.29) is 23.1 Å². The van der Waals surface area contributed by atoms with Crippen LogP contribution >= 0.6 is 0 Å². The maximum atomic E-state index is 11.8. The number of rotatable bonds is 6. The monoisotopic (exact) mass is 266 g/mol. The van der Waals surface area contributed by atoms with E-state index in [1.54, 1.807) is 6.92 Å². The van der Waals surface area contributed by atoms with Crippen molar-refractivity contribution in [3.8, 4) is 5.75 Å². The summed E-state index contributed by atoms with van der Waals surface area (Å²) in [5.74, 6) is -2.01. The van der Waals surface area contributed by atoms with Crippen LogP contribution in [0, 0.1) is 5.92 Å². The maximum Gasteiger partial charge on any atom is 0.339 e. The fraction of sp³-hybridized carbons (Fsp3) is 0.385. The summed E-state index contributed by atoms with van der Waals surface area (Å²) in [5, 5.41) is 23.9. The standard InChI is InChI=1S/C13H18N2O4/c1-3-14-7-8(2)12(17)15-9-4-5-11(16)10(6-9)13(18)19/h4-6,8,14,16H,3,7H2,1-2H3,(H,15,17)(H,18,19). The Balaban J connectivity index is 2.74. The Bertz CT molecular complexity index is 474. The van der Waals surface area contributed by atoms with Gasteiger partial charge in [0.2, 0.25) is 5.91 Å².